The van der Waals surface area contributed by atoms with Crippen LogP contribution in [0, 0.1) is 0 Å². The highest BCUT2D eigenvalue weighted by atomic mass is 35.5. The molecule has 336 valence electrons. The van der Waals surface area contributed by atoms with E-state index in [1.807, 2.05) is 6.92 Å². The van der Waals surface area contributed by atoms with Gasteiger partial charge in [-0.05, 0) is 67.4 Å². The minimum Gasteiger partial charge on any atom is -0.493 e. The number of hydrogen-bond acceptors (Lipinski definition) is 16. The highest BCUT2D eigenvalue weighted by molar-refractivity contribution is 7.86. The van der Waals surface area contributed by atoms with Crippen LogP contribution >= 0.6 is 46.4 Å². The Hall–Kier alpha value is -4.62. The predicted octanol–water partition coefficient (Wildman–Crippen LogP) is 9.49. The molecule has 0 atom stereocenters. The molecule has 0 aliphatic carbocycles. The van der Waals surface area contributed by atoms with Gasteiger partial charge in [0, 0.05) is 47.7 Å². The molecule has 0 radical (unpaired) electrons. The van der Waals surface area contributed by atoms with Crippen LogP contribution in [0.25, 0.3) is 0 Å². The van der Waals surface area contributed by atoms with Gasteiger partial charge in [-0.25, -0.2) is 4.98 Å². The van der Waals surface area contributed by atoms with E-state index in [1.54, 1.807) is 36.4 Å². The average molecular weight is 1010 g/mol. The first-order valence-corrected chi connectivity index (χ1v) is 24.5. The maximum absolute atomic E-state index is 11.8. The molecule has 26 heteroatoms. The molecule has 0 amide bonds. The van der Waals surface area contributed by atoms with Gasteiger partial charge < -0.3 is 14.8 Å². The van der Waals surface area contributed by atoms with Crippen LogP contribution in [0.1, 0.15) is 42.5 Å². The highest BCUT2D eigenvalue weighted by Gasteiger charge is 2.19. The molecule has 1 aromatic heterocycles. The molecule has 19 nitrogen and oxygen atoms in total. The van der Waals surface area contributed by atoms with E-state index in [0.717, 1.165) is 6.07 Å². The molecule has 63 heavy (non-hydrogen) atoms. The standard InChI is InChI=1S/C37H36Cl4N8O11S3/c1-2-11-59-32-20-30(48-46-25-6-4-24(38)5-7-25)28(40)15-22(32)17-35-43-36(45-37(44-35)42-10-14-62(53,54)55)18-23-16-29(41)31(21-33(23)60-12-3-13-61(50,51)52)49-47-26-8-9-27(39)34(19-26)63(56,57)58/h4-9,15-16,19-21H,2-3,10-14,17-18H2,1H3,(H,50,51,52)(H,53,54,55)(H,56,57,58)(H,42,43,44,45). The summed E-state index contributed by atoms with van der Waals surface area (Å²) in [6, 6.07) is 16.3. The van der Waals surface area contributed by atoms with E-state index in [9.17, 15) is 38.9 Å². The molecule has 0 aliphatic rings. The van der Waals surface area contributed by atoms with Crippen LogP contribution in [-0.4, -0.2) is 85.1 Å². The van der Waals surface area contributed by atoms with Crippen molar-refractivity contribution in [1.29, 1.82) is 0 Å². The van der Waals surface area contributed by atoms with Gasteiger partial charge in [0.25, 0.3) is 30.4 Å². The Labute approximate surface area is 382 Å². The second kappa shape index (κ2) is 21.8. The number of rotatable bonds is 21. The third-order valence-corrected chi connectivity index (χ3v) is 11.9. The lowest BCUT2D eigenvalue weighted by Crippen LogP contribution is -2.18. The molecule has 0 unspecified atom stereocenters. The van der Waals surface area contributed by atoms with E-state index < -0.39 is 46.8 Å². The summed E-state index contributed by atoms with van der Waals surface area (Å²) in [5.41, 5.74) is 1.73. The Morgan fingerprint density at radius 2 is 1.14 bits per heavy atom. The number of hydrogen-bond donors (Lipinski definition) is 4. The molecule has 1 heterocycles. The van der Waals surface area contributed by atoms with Gasteiger partial charge in [-0.3, -0.25) is 13.7 Å². The molecular weight excluding hydrogens is 970 g/mol. The van der Waals surface area contributed by atoms with Crippen LogP contribution < -0.4 is 14.8 Å². The number of halogens is 4. The normalized spacial score (nSPS) is 12.3. The fourth-order valence-corrected chi connectivity index (χ4v) is 7.73. The quantitative estimate of drug-likeness (QED) is 0.0302. The van der Waals surface area contributed by atoms with E-state index >= 15 is 0 Å². The van der Waals surface area contributed by atoms with Gasteiger partial charge in [-0.2, -0.15) is 45.4 Å². The first kappa shape index (κ1) is 49.4. The van der Waals surface area contributed by atoms with Crippen LogP contribution in [0.15, 0.2) is 92.1 Å². The Bertz CT molecular complexity index is 2860. The predicted molar refractivity (Wildman–Crippen MR) is 237 cm³/mol. The number of nitrogens with one attached hydrogen (secondary N) is 1. The number of anilines is 1. The van der Waals surface area contributed by atoms with Crippen LogP contribution in [0.4, 0.5) is 28.7 Å². The molecular formula is C37H36Cl4N8O11S3. The highest BCUT2D eigenvalue weighted by Crippen LogP contribution is 2.38. The number of ether oxygens (including phenoxy) is 2. The van der Waals surface area contributed by atoms with Gasteiger partial charge in [-0.1, -0.05) is 53.3 Å². The summed E-state index contributed by atoms with van der Waals surface area (Å²) in [7, 11) is -13.4. The molecule has 0 spiro atoms. The van der Waals surface area contributed by atoms with E-state index in [2.05, 4.69) is 40.7 Å². The number of nitrogens with zero attached hydrogens (tertiary/aromatic N) is 7. The maximum Gasteiger partial charge on any atom is 0.296 e. The monoisotopic (exact) mass is 1000 g/mol. The van der Waals surface area contributed by atoms with Crippen LogP contribution in [0.2, 0.25) is 20.1 Å². The largest absolute Gasteiger partial charge is 0.493 e. The number of azo groups is 2. The first-order chi connectivity index (χ1) is 29.7. The second-order valence-corrected chi connectivity index (χ2v) is 19.4. The summed E-state index contributed by atoms with van der Waals surface area (Å²) in [6.45, 7) is 1.78. The van der Waals surface area contributed by atoms with Crippen molar-refractivity contribution >= 4 is 105 Å². The average Bonchev–Trinajstić information content (AvgIpc) is 3.19. The third-order valence-electron chi connectivity index (χ3n) is 8.16. The topological polar surface area (TPSA) is 282 Å². The van der Waals surface area contributed by atoms with Crippen molar-refractivity contribution in [3.05, 3.63) is 110 Å². The molecule has 0 saturated heterocycles. The molecule has 0 saturated carbocycles. The Morgan fingerprint density at radius 3 is 1.67 bits per heavy atom. The fourth-order valence-electron chi connectivity index (χ4n) is 5.32. The van der Waals surface area contributed by atoms with Gasteiger partial charge in [0.2, 0.25) is 5.95 Å². The number of aromatic nitrogens is 3. The first-order valence-electron chi connectivity index (χ1n) is 18.3. The van der Waals surface area contributed by atoms with Crippen molar-refractivity contribution < 1.29 is 48.4 Å². The lowest BCUT2D eigenvalue weighted by molar-refractivity contribution is 0.313. The van der Waals surface area contributed by atoms with E-state index in [0.29, 0.717) is 46.3 Å². The van der Waals surface area contributed by atoms with Crippen molar-refractivity contribution in [3.8, 4) is 11.5 Å². The third kappa shape index (κ3) is 15.8. The van der Waals surface area contributed by atoms with E-state index in [4.69, 9.17) is 55.9 Å². The summed E-state index contributed by atoms with van der Waals surface area (Å²) in [5, 5.41) is 19.9. The zero-order valence-corrected chi connectivity index (χ0v) is 38.2. The van der Waals surface area contributed by atoms with Gasteiger partial charge >= 0.3 is 0 Å². The van der Waals surface area contributed by atoms with Crippen LogP contribution in [-0.2, 0) is 43.2 Å². The van der Waals surface area contributed by atoms with Crippen molar-refractivity contribution in [3.63, 3.8) is 0 Å². The zero-order valence-electron chi connectivity index (χ0n) is 32.7. The summed E-state index contributed by atoms with van der Waals surface area (Å²) in [4.78, 5) is 13.0. The van der Waals surface area contributed by atoms with Gasteiger partial charge in [0.1, 0.15) is 39.4 Å². The Kier molecular flexibility index (Phi) is 17.1. The number of benzene rings is 4. The Balaban J connectivity index is 1.53. The molecule has 5 aromatic rings. The minimum atomic E-state index is -4.69. The zero-order chi connectivity index (χ0) is 46.0. The van der Waals surface area contributed by atoms with Crippen LogP contribution in [0.5, 0.6) is 11.5 Å². The molecule has 0 aliphatic heterocycles. The smallest absolute Gasteiger partial charge is 0.296 e. The van der Waals surface area contributed by atoms with Gasteiger partial charge in [-0.15, -0.1) is 10.2 Å². The molecule has 4 N–H and O–H groups in total. The van der Waals surface area contributed by atoms with Crippen molar-refractivity contribution in [2.24, 2.45) is 20.5 Å². The lowest BCUT2D eigenvalue weighted by Gasteiger charge is -2.15. The molecule has 0 fully saturated rings. The van der Waals surface area contributed by atoms with Crippen molar-refractivity contribution in [1.82, 2.24) is 15.0 Å². The second-order valence-electron chi connectivity index (χ2n) is 13.2. The van der Waals surface area contributed by atoms with Gasteiger partial charge in [0.15, 0.2) is 0 Å². The van der Waals surface area contributed by atoms with E-state index in [1.165, 1.54) is 24.3 Å². The molecule has 4 aromatic carbocycles. The summed E-state index contributed by atoms with van der Waals surface area (Å²) < 4.78 is 109. The van der Waals surface area contributed by atoms with Gasteiger partial charge in [0.05, 0.1) is 51.2 Å². The van der Waals surface area contributed by atoms with Crippen molar-refractivity contribution in [2.75, 3.05) is 36.6 Å². The molecule has 5 rings (SSSR count). The summed E-state index contributed by atoms with van der Waals surface area (Å²) in [6.07, 6.45) is 0.441. The van der Waals surface area contributed by atoms with E-state index in [-0.39, 0.29) is 82.2 Å². The summed E-state index contributed by atoms with van der Waals surface area (Å²) in [5.74, 6) is -0.552. The fraction of sp³-hybridized carbons (Fsp3) is 0.270. The van der Waals surface area contributed by atoms with Crippen LogP contribution in [0.3, 0.4) is 0 Å². The maximum atomic E-state index is 11.8. The minimum absolute atomic E-state index is 0.0128. The summed E-state index contributed by atoms with van der Waals surface area (Å²) >= 11 is 25.2. The lowest BCUT2D eigenvalue weighted by atomic mass is 10.1. The molecule has 0 bridgehead atoms. The SMILES string of the molecule is CCCOc1cc(N=Nc2ccc(Cl)cc2)c(Cl)cc1Cc1nc(Cc2cc(Cl)c(N=Nc3ccc(Cl)c(S(=O)(=O)O)c3)cc2OCCCS(=O)(=O)O)nc(NCCS(=O)(=O)O)n1. The Morgan fingerprint density at radius 1 is 0.619 bits per heavy atom. The van der Waals surface area contributed by atoms with Crippen molar-refractivity contribution in [2.45, 2.75) is 37.5 Å².